The minimum atomic E-state index is -0.0447. The van der Waals surface area contributed by atoms with Gasteiger partial charge < -0.3 is 9.64 Å². The van der Waals surface area contributed by atoms with Gasteiger partial charge in [-0.3, -0.25) is 4.68 Å². The second kappa shape index (κ2) is 7.18. The Morgan fingerprint density at radius 2 is 1.97 bits per heavy atom. The lowest BCUT2D eigenvalue weighted by Gasteiger charge is -2.32. The average Bonchev–Trinajstić information content (AvgIpc) is 3.40. The summed E-state index contributed by atoms with van der Waals surface area (Å²) < 4.78 is 7.79. The van der Waals surface area contributed by atoms with Gasteiger partial charge in [0.25, 0.3) is 0 Å². The van der Waals surface area contributed by atoms with Crippen molar-refractivity contribution in [3.05, 3.63) is 41.1 Å². The molecular formula is C21H25N7O. The fraction of sp³-hybridized carbons (Fsp3) is 0.476. The Morgan fingerprint density at radius 1 is 1.10 bits per heavy atom. The fourth-order valence-corrected chi connectivity index (χ4v) is 3.99. The number of morpholine rings is 1. The van der Waals surface area contributed by atoms with Gasteiger partial charge in [-0.15, -0.1) is 0 Å². The molecule has 29 heavy (non-hydrogen) atoms. The molecule has 0 amide bonds. The Labute approximate surface area is 169 Å². The molecule has 1 saturated heterocycles. The SMILES string of the molecule is Cc1nc2nc(N3CCO[C@H](c4cnn(C)c4)C3)nc(C3=CCCC3)c2nc1C. The van der Waals surface area contributed by atoms with Crippen LogP contribution in [-0.4, -0.2) is 49.4 Å². The number of rotatable bonds is 3. The Balaban J connectivity index is 1.56. The molecule has 0 N–H and O–H groups in total. The number of ether oxygens (including phenoxy) is 1. The van der Waals surface area contributed by atoms with E-state index in [4.69, 9.17) is 24.7 Å². The van der Waals surface area contributed by atoms with Gasteiger partial charge in [0, 0.05) is 25.4 Å². The molecule has 5 rings (SSSR count). The third-order valence-electron chi connectivity index (χ3n) is 5.72. The van der Waals surface area contributed by atoms with Crippen molar-refractivity contribution < 1.29 is 4.74 Å². The first-order valence-electron chi connectivity index (χ1n) is 10.2. The molecule has 0 radical (unpaired) electrons. The van der Waals surface area contributed by atoms with Crippen molar-refractivity contribution in [2.45, 2.75) is 39.2 Å². The highest BCUT2D eigenvalue weighted by molar-refractivity contribution is 5.86. The molecule has 0 bridgehead atoms. The second-order valence-corrected chi connectivity index (χ2v) is 7.81. The lowest BCUT2D eigenvalue weighted by molar-refractivity contribution is 0.0392. The van der Waals surface area contributed by atoms with E-state index < -0.39 is 0 Å². The van der Waals surface area contributed by atoms with E-state index in [1.165, 1.54) is 5.57 Å². The zero-order valence-corrected chi connectivity index (χ0v) is 17.1. The van der Waals surface area contributed by atoms with Crippen LogP contribution in [0.3, 0.4) is 0 Å². The molecule has 3 aromatic rings. The summed E-state index contributed by atoms with van der Waals surface area (Å²) in [7, 11) is 1.92. The second-order valence-electron chi connectivity index (χ2n) is 7.81. The number of anilines is 1. The zero-order chi connectivity index (χ0) is 20.0. The molecule has 3 aromatic heterocycles. The van der Waals surface area contributed by atoms with Gasteiger partial charge in [-0.1, -0.05) is 6.08 Å². The van der Waals surface area contributed by atoms with Crippen LogP contribution in [0, 0.1) is 13.8 Å². The number of fused-ring (bicyclic) bond motifs is 1. The maximum absolute atomic E-state index is 5.99. The molecule has 1 aliphatic heterocycles. The first kappa shape index (κ1) is 18.2. The van der Waals surface area contributed by atoms with Gasteiger partial charge >= 0.3 is 0 Å². The summed E-state index contributed by atoms with van der Waals surface area (Å²) in [6.07, 6.45) is 9.38. The summed E-state index contributed by atoms with van der Waals surface area (Å²) in [6.45, 7) is 6.03. The molecule has 0 aromatic carbocycles. The summed E-state index contributed by atoms with van der Waals surface area (Å²) in [5.41, 5.74) is 6.58. The average molecular weight is 391 g/mol. The van der Waals surface area contributed by atoms with Crippen LogP contribution in [0.4, 0.5) is 5.95 Å². The standard InChI is InChI=1S/C21H25N7O/c1-13-14(2)24-20-19(23-13)18(15-6-4-5-7-15)25-21(26-20)28-8-9-29-17(12-28)16-10-22-27(3)11-16/h6,10-11,17H,4-5,7-9,12H2,1-3H3/t17-/m0/s1. The van der Waals surface area contributed by atoms with E-state index in [2.05, 4.69) is 16.1 Å². The lowest BCUT2D eigenvalue weighted by Crippen LogP contribution is -2.39. The van der Waals surface area contributed by atoms with Crippen LogP contribution in [0.5, 0.6) is 0 Å². The highest BCUT2D eigenvalue weighted by atomic mass is 16.5. The van der Waals surface area contributed by atoms with E-state index in [1.54, 1.807) is 4.68 Å². The quantitative estimate of drug-likeness (QED) is 0.679. The number of allylic oxidation sites excluding steroid dienone is 2. The first-order valence-corrected chi connectivity index (χ1v) is 10.2. The number of hydrogen-bond donors (Lipinski definition) is 0. The molecule has 0 saturated carbocycles. The van der Waals surface area contributed by atoms with Crippen molar-refractivity contribution >= 4 is 22.7 Å². The third-order valence-corrected chi connectivity index (χ3v) is 5.72. The van der Waals surface area contributed by atoms with Crippen molar-refractivity contribution in [3.63, 3.8) is 0 Å². The van der Waals surface area contributed by atoms with Crippen LogP contribution in [-0.2, 0) is 11.8 Å². The van der Waals surface area contributed by atoms with Crippen LogP contribution in [0.2, 0.25) is 0 Å². The van der Waals surface area contributed by atoms with Crippen LogP contribution in [0.25, 0.3) is 16.7 Å². The molecule has 8 nitrogen and oxygen atoms in total. The monoisotopic (exact) mass is 391 g/mol. The number of aromatic nitrogens is 6. The Kier molecular flexibility index (Phi) is 4.50. The topological polar surface area (TPSA) is 81.9 Å². The van der Waals surface area contributed by atoms with E-state index in [9.17, 15) is 0 Å². The largest absolute Gasteiger partial charge is 0.370 e. The van der Waals surface area contributed by atoms with Crippen LogP contribution >= 0.6 is 0 Å². The summed E-state index contributed by atoms with van der Waals surface area (Å²) in [4.78, 5) is 21.5. The molecule has 1 atom stereocenters. The van der Waals surface area contributed by atoms with E-state index in [-0.39, 0.29) is 6.10 Å². The van der Waals surface area contributed by atoms with Gasteiger partial charge in [-0.05, 0) is 38.7 Å². The minimum Gasteiger partial charge on any atom is -0.370 e. The normalized spacial score (nSPS) is 19.8. The molecule has 4 heterocycles. The first-order chi connectivity index (χ1) is 14.1. The third kappa shape index (κ3) is 3.37. The predicted molar refractivity (Wildman–Crippen MR) is 111 cm³/mol. The van der Waals surface area contributed by atoms with E-state index in [0.29, 0.717) is 24.7 Å². The van der Waals surface area contributed by atoms with Gasteiger partial charge in [-0.25, -0.2) is 15.0 Å². The van der Waals surface area contributed by atoms with Crippen molar-refractivity contribution in [1.29, 1.82) is 0 Å². The summed E-state index contributed by atoms with van der Waals surface area (Å²) >= 11 is 0. The van der Waals surface area contributed by atoms with E-state index in [1.807, 2.05) is 33.3 Å². The van der Waals surface area contributed by atoms with Gasteiger partial charge in [0.05, 0.1) is 36.4 Å². The minimum absolute atomic E-state index is 0.0447. The number of aryl methyl sites for hydroxylation is 3. The Bertz CT molecular complexity index is 1100. The predicted octanol–water partition coefficient (Wildman–Crippen LogP) is 2.92. The summed E-state index contributed by atoms with van der Waals surface area (Å²) in [5.74, 6) is 0.704. The highest BCUT2D eigenvalue weighted by Gasteiger charge is 2.27. The van der Waals surface area contributed by atoms with E-state index in [0.717, 1.165) is 54.0 Å². The van der Waals surface area contributed by atoms with Crippen molar-refractivity contribution in [3.8, 4) is 0 Å². The van der Waals surface area contributed by atoms with Crippen LogP contribution in [0.1, 0.15) is 48.0 Å². The van der Waals surface area contributed by atoms with Gasteiger partial charge in [-0.2, -0.15) is 10.1 Å². The summed E-state index contributed by atoms with van der Waals surface area (Å²) in [6, 6.07) is 0. The molecule has 1 fully saturated rings. The molecule has 8 heteroatoms. The molecule has 1 aliphatic carbocycles. The summed E-state index contributed by atoms with van der Waals surface area (Å²) in [5, 5.41) is 4.28. The molecular weight excluding hydrogens is 366 g/mol. The van der Waals surface area contributed by atoms with Crippen molar-refractivity contribution in [2.24, 2.45) is 7.05 Å². The number of hydrogen-bond acceptors (Lipinski definition) is 7. The van der Waals surface area contributed by atoms with Gasteiger partial charge in [0.2, 0.25) is 5.95 Å². The van der Waals surface area contributed by atoms with Gasteiger partial charge in [0.15, 0.2) is 5.65 Å². The number of nitrogens with zero attached hydrogens (tertiary/aromatic N) is 7. The van der Waals surface area contributed by atoms with Crippen molar-refractivity contribution in [1.82, 2.24) is 29.7 Å². The molecule has 0 spiro atoms. The lowest BCUT2D eigenvalue weighted by atomic mass is 10.1. The smallest absolute Gasteiger partial charge is 0.228 e. The Morgan fingerprint density at radius 3 is 2.72 bits per heavy atom. The van der Waals surface area contributed by atoms with Crippen molar-refractivity contribution in [2.75, 3.05) is 24.6 Å². The molecule has 150 valence electrons. The molecule has 2 aliphatic rings. The molecule has 0 unspecified atom stereocenters. The Hall–Kier alpha value is -2.87. The highest BCUT2D eigenvalue weighted by Crippen LogP contribution is 2.32. The van der Waals surface area contributed by atoms with Crippen LogP contribution in [0.15, 0.2) is 18.5 Å². The van der Waals surface area contributed by atoms with E-state index >= 15 is 0 Å². The van der Waals surface area contributed by atoms with Crippen LogP contribution < -0.4 is 4.90 Å². The zero-order valence-electron chi connectivity index (χ0n) is 17.1. The maximum Gasteiger partial charge on any atom is 0.228 e. The fourth-order valence-electron chi connectivity index (χ4n) is 3.99. The van der Waals surface area contributed by atoms with Gasteiger partial charge in [0.1, 0.15) is 11.6 Å². The maximum atomic E-state index is 5.99.